The molecule has 0 aromatic heterocycles. The average Bonchev–Trinajstić information content (AvgIpc) is 2.88. The van der Waals surface area contributed by atoms with E-state index in [4.69, 9.17) is 18.9 Å². The first-order valence-corrected chi connectivity index (χ1v) is 14.6. The molecule has 0 spiro atoms. The Labute approximate surface area is 244 Å². The Balaban J connectivity index is 1.73. The van der Waals surface area contributed by atoms with E-state index in [0.29, 0.717) is 23.8 Å². The SMILES string of the molecule is COc1cc2c(cc1OC)[C@H]1C[C@@H](OC(=O)/C=C\C(=O)N[C@H](C(=O)OC(C)(C)C)C(C)C)[C@H](CC(C)C)CN1CC2. The normalized spacial score (nSPS) is 21.7. The number of piperidine rings is 1. The van der Waals surface area contributed by atoms with Gasteiger partial charge in [-0.1, -0.05) is 27.7 Å². The van der Waals surface area contributed by atoms with E-state index in [1.54, 1.807) is 35.0 Å². The van der Waals surface area contributed by atoms with Gasteiger partial charge in [0.15, 0.2) is 11.5 Å². The molecule has 3 rings (SSSR count). The summed E-state index contributed by atoms with van der Waals surface area (Å²) in [5.41, 5.74) is 1.72. The zero-order valence-corrected chi connectivity index (χ0v) is 26.1. The fraction of sp³-hybridized carbons (Fsp3) is 0.656. The molecule has 2 aliphatic heterocycles. The molecule has 0 unspecified atom stereocenters. The van der Waals surface area contributed by atoms with Crippen molar-refractivity contribution in [3.8, 4) is 11.5 Å². The highest BCUT2D eigenvalue weighted by Crippen LogP contribution is 2.44. The number of rotatable bonds is 10. The number of methoxy groups -OCH3 is 2. The standard InChI is InChI=1S/C32H48N2O7/c1-19(2)14-22-18-34-13-12-21-15-26(38-8)27(39-9)16-23(21)24(34)17-25(22)40-29(36)11-10-28(35)33-30(20(3)4)31(37)41-32(5,6)7/h10-11,15-16,19-20,22,24-25,30H,12-14,17-18H2,1-9H3,(H,33,35)/b11-10-/t22-,24-,25-,30+/m1/s1. The molecule has 1 amide bonds. The van der Waals surface area contributed by atoms with Crippen molar-refractivity contribution in [2.24, 2.45) is 17.8 Å². The zero-order chi connectivity index (χ0) is 30.5. The molecule has 41 heavy (non-hydrogen) atoms. The van der Waals surface area contributed by atoms with Crippen molar-refractivity contribution < 1.29 is 33.3 Å². The number of nitrogens with zero attached hydrogens (tertiary/aromatic N) is 1. The van der Waals surface area contributed by atoms with Crippen LogP contribution < -0.4 is 14.8 Å². The maximum absolute atomic E-state index is 12.9. The van der Waals surface area contributed by atoms with Gasteiger partial charge in [-0.15, -0.1) is 0 Å². The summed E-state index contributed by atoms with van der Waals surface area (Å²) in [6.45, 7) is 15.1. The van der Waals surface area contributed by atoms with E-state index in [0.717, 1.165) is 38.1 Å². The topological polar surface area (TPSA) is 103 Å². The maximum atomic E-state index is 12.9. The number of hydrogen-bond donors (Lipinski definition) is 1. The Hall–Kier alpha value is -3.07. The molecule has 2 aliphatic rings. The number of hydrogen-bond acceptors (Lipinski definition) is 8. The number of carbonyl (C=O) groups is 3. The Bertz CT molecular complexity index is 1120. The van der Waals surface area contributed by atoms with Gasteiger partial charge in [0.25, 0.3) is 0 Å². The first-order valence-electron chi connectivity index (χ1n) is 14.6. The molecule has 228 valence electrons. The van der Waals surface area contributed by atoms with E-state index in [2.05, 4.69) is 30.1 Å². The van der Waals surface area contributed by atoms with E-state index in [1.165, 1.54) is 11.1 Å². The first kappa shape index (κ1) is 32.4. The fourth-order valence-corrected chi connectivity index (χ4v) is 5.78. The van der Waals surface area contributed by atoms with Crippen LogP contribution in [0.3, 0.4) is 0 Å². The van der Waals surface area contributed by atoms with Crippen LogP contribution in [0.1, 0.15) is 78.5 Å². The lowest BCUT2D eigenvalue weighted by atomic mass is 9.79. The summed E-state index contributed by atoms with van der Waals surface area (Å²) in [4.78, 5) is 40.6. The van der Waals surface area contributed by atoms with Gasteiger partial charge >= 0.3 is 11.9 Å². The highest BCUT2D eigenvalue weighted by Gasteiger charge is 2.41. The van der Waals surface area contributed by atoms with Crippen molar-refractivity contribution in [2.45, 2.75) is 91.5 Å². The number of amides is 1. The molecular weight excluding hydrogens is 524 g/mol. The summed E-state index contributed by atoms with van der Waals surface area (Å²) in [5.74, 6) is 0.196. The van der Waals surface area contributed by atoms with Crippen molar-refractivity contribution in [2.75, 3.05) is 27.3 Å². The molecule has 1 saturated heterocycles. The largest absolute Gasteiger partial charge is 0.493 e. The third kappa shape index (κ3) is 8.71. The number of esters is 2. The van der Waals surface area contributed by atoms with Crippen LogP contribution in [0.5, 0.6) is 11.5 Å². The quantitative estimate of drug-likeness (QED) is 0.320. The van der Waals surface area contributed by atoms with Gasteiger partial charge in [0.05, 0.1) is 14.2 Å². The molecule has 0 radical (unpaired) electrons. The molecule has 0 bridgehead atoms. The Morgan fingerprint density at radius 2 is 1.71 bits per heavy atom. The second-order valence-corrected chi connectivity index (χ2v) is 12.9. The molecule has 9 heteroatoms. The molecule has 1 aromatic carbocycles. The smallest absolute Gasteiger partial charge is 0.331 e. The minimum absolute atomic E-state index is 0.0904. The zero-order valence-electron chi connectivity index (χ0n) is 26.1. The van der Waals surface area contributed by atoms with Crippen LogP contribution in [0.2, 0.25) is 0 Å². The predicted octanol–water partition coefficient (Wildman–Crippen LogP) is 4.62. The summed E-state index contributed by atoms with van der Waals surface area (Å²) in [6, 6.07) is 3.36. The Morgan fingerprint density at radius 3 is 2.29 bits per heavy atom. The molecular formula is C32H48N2O7. The second kappa shape index (κ2) is 13.7. The summed E-state index contributed by atoms with van der Waals surface area (Å²) in [6.07, 6.45) is 4.47. The Morgan fingerprint density at radius 1 is 1.05 bits per heavy atom. The van der Waals surface area contributed by atoms with Gasteiger partial charge in [-0.05, 0) is 68.7 Å². The van der Waals surface area contributed by atoms with Crippen molar-refractivity contribution in [3.63, 3.8) is 0 Å². The van der Waals surface area contributed by atoms with Crippen LogP contribution >= 0.6 is 0 Å². The van der Waals surface area contributed by atoms with Crippen LogP contribution in [0, 0.1) is 17.8 Å². The van der Waals surface area contributed by atoms with E-state index in [9.17, 15) is 14.4 Å². The minimum atomic E-state index is -0.830. The van der Waals surface area contributed by atoms with Gasteiger partial charge in [-0.3, -0.25) is 9.69 Å². The van der Waals surface area contributed by atoms with Gasteiger partial charge in [0.1, 0.15) is 17.7 Å². The average molecular weight is 573 g/mol. The van der Waals surface area contributed by atoms with Gasteiger partial charge < -0.3 is 24.3 Å². The minimum Gasteiger partial charge on any atom is -0.493 e. The van der Waals surface area contributed by atoms with Crippen LogP contribution in [-0.4, -0.2) is 67.8 Å². The van der Waals surface area contributed by atoms with Crippen molar-refractivity contribution in [3.05, 3.63) is 35.4 Å². The number of fused-ring (bicyclic) bond motifs is 3. The third-order valence-corrected chi connectivity index (χ3v) is 7.60. The molecule has 2 heterocycles. The monoisotopic (exact) mass is 572 g/mol. The van der Waals surface area contributed by atoms with E-state index in [1.807, 2.05) is 19.9 Å². The number of ether oxygens (including phenoxy) is 4. The molecule has 0 aliphatic carbocycles. The van der Waals surface area contributed by atoms with E-state index in [-0.39, 0.29) is 24.0 Å². The number of carbonyl (C=O) groups excluding carboxylic acids is 3. The first-order chi connectivity index (χ1) is 19.2. The highest BCUT2D eigenvalue weighted by molar-refractivity contribution is 5.96. The van der Waals surface area contributed by atoms with Gasteiger partial charge in [-0.2, -0.15) is 0 Å². The molecule has 0 saturated carbocycles. The molecule has 9 nitrogen and oxygen atoms in total. The lowest BCUT2D eigenvalue weighted by Gasteiger charge is -2.47. The summed E-state index contributed by atoms with van der Waals surface area (Å²) < 4.78 is 22.5. The third-order valence-electron chi connectivity index (χ3n) is 7.60. The summed E-state index contributed by atoms with van der Waals surface area (Å²) in [5, 5.41) is 2.66. The van der Waals surface area contributed by atoms with Gasteiger partial charge in [0.2, 0.25) is 5.91 Å². The maximum Gasteiger partial charge on any atom is 0.331 e. The second-order valence-electron chi connectivity index (χ2n) is 12.9. The Kier molecular flexibility index (Phi) is 10.9. The summed E-state index contributed by atoms with van der Waals surface area (Å²) in [7, 11) is 3.27. The van der Waals surface area contributed by atoms with Crippen LogP contribution in [0.4, 0.5) is 0 Å². The fourth-order valence-electron chi connectivity index (χ4n) is 5.78. The molecule has 1 N–H and O–H groups in total. The van der Waals surface area contributed by atoms with Crippen LogP contribution in [0.15, 0.2) is 24.3 Å². The predicted molar refractivity (Wildman–Crippen MR) is 157 cm³/mol. The van der Waals surface area contributed by atoms with Crippen molar-refractivity contribution >= 4 is 17.8 Å². The molecule has 4 atom stereocenters. The number of benzene rings is 1. The summed E-state index contributed by atoms with van der Waals surface area (Å²) >= 11 is 0. The number of nitrogens with one attached hydrogen (secondary N) is 1. The van der Waals surface area contributed by atoms with E-state index >= 15 is 0 Å². The van der Waals surface area contributed by atoms with E-state index < -0.39 is 29.5 Å². The van der Waals surface area contributed by atoms with Crippen LogP contribution in [-0.2, 0) is 30.3 Å². The lowest BCUT2D eigenvalue weighted by Crippen LogP contribution is -2.49. The van der Waals surface area contributed by atoms with Crippen molar-refractivity contribution in [1.29, 1.82) is 0 Å². The molecule has 1 aromatic rings. The van der Waals surface area contributed by atoms with Gasteiger partial charge in [-0.25, -0.2) is 9.59 Å². The lowest BCUT2D eigenvalue weighted by molar-refractivity contribution is -0.159. The van der Waals surface area contributed by atoms with Crippen LogP contribution in [0.25, 0.3) is 0 Å². The molecule has 1 fully saturated rings. The van der Waals surface area contributed by atoms with Gasteiger partial charge in [0, 0.05) is 43.6 Å². The van der Waals surface area contributed by atoms with Crippen molar-refractivity contribution in [1.82, 2.24) is 10.2 Å². The highest BCUT2D eigenvalue weighted by atomic mass is 16.6.